The molecule has 0 aliphatic carbocycles. The topological polar surface area (TPSA) is 66.9 Å². The van der Waals surface area contributed by atoms with Crippen molar-refractivity contribution < 1.29 is 17.9 Å². The average Bonchev–Trinajstić information content (AvgIpc) is 2.74. The number of hydrogen-bond donors (Lipinski definition) is 0. The third kappa shape index (κ3) is 4.99. The fraction of sp³-hybridized carbons (Fsp3) is 0.533. The maximum Gasteiger partial charge on any atom is 0.226 e. The molecule has 1 aliphatic heterocycles. The molecule has 1 aliphatic rings. The van der Waals surface area contributed by atoms with Crippen molar-refractivity contribution in [1.29, 1.82) is 0 Å². The molecule has 1 fully saturated rings. The van der Waals surface area contributed by atoms with Crippen LogP contribution in [0.25, 0.3) is 0 Å². The zero-order valence-corrected chi connectivity index (χ0v) is 13.6. The first-order valence-corrected chi connectivity index (χ1v) is 9.22. The maximum absolute atomic E-state index is 12.2. The Kier molecular flexibility index (Phi) is 5.79. The molecule has 1 aromatic rings. The quantitative estimate of drug-likeness (QED) is 0.808. The lowest BCUT2D eigenvalue weighted by Crippen LogP contribution is -2.37. The lowest BCUT2D eigenvalue weighted by Gasteiger charge is -2.21. The monoisotopic (exact) mass is 326 g/mol. The highest BCUT2D eigenvalue weighted by Gasteiger charge is 2.23. The number of rotatable bonds is 5. The average molecular weight is 326 g/mol. The van der Waals surface area contributed by atoms with Gasteiger partial charge in [-0.3, -0.25) is 4.79 Å². The molecule has 0 unspecified atom stereocenters. The van der Waals surface area contributed by atoms with Crippen molar-refractivity contribution >= 4 is 15.9 Å². The first-order valence-electron chi connectivity index (χ1n) is 7.37. The Morgan fingerprint density at radius 3 is 2.55 bits per heavy atom. The molecule has 22 heavy (non-hydrogen) atoms. The van der Waals surface area contributed by atoms with Gasteiger partial charge in [-0.05, 0) is 18.6 Å². The molecule has 2 rings (SSSR count). The maximum atomic E-state index is 12.2. The smallest absolute Gasteiger partial charge is 0.226 e. The van der Waals surface area contributed by atoms with Crippen LogP contribution in [0.1, 0.15) is 12.8 Å². The number of sulfonamides is 1. The minimum Gasteiger partial charge on any atom is -0.493 e. The van der Waals surface area contributed by atoms with Crippen molar-refractivity contribution in [3.8, 4) is 5.75 Å². The normalized spacial score (nSPS) is 17.0. The van der Waals surface area contributed by atoms with Gasteiger partial charge in [0.2, 0.25) is 15.9 Å². The van der Waals surface area contributed by atoms with E-state index in [2.05, 4.69) is 0 Å². The summed E-state index contributed by atoms with van der Waals surface area (Å²) in [7, 11) is -3.18. The van der Waals surface area contributed by atoms with Crippen LogP contribution in [0.5, 0.6) is 5.75 Å². The van der Waals surface area contributed by atoms with Gasteiger partial charge in [-0.15, -0.1) is 0 Å². The van der Waals surface area contributed by atoms with Gasteiger partial charge in [0, 0.05) is 26.2 Å². The molecule has 1 saturated heterocycles. The predicted molar refractivity (Wildman–Crippen MR) is 84.2 cm³/mol. The minimum absolute atomic E-state index is 0.00582. The second-order valence-corrected chi connectivity index (χ2v) is 7.29. The number of amides is 1. The lowest BCUT2D eigenvalue weighted by molar-refractivity contribution is -0.131. The summed E-state index contributed by atoms with van der Waals surface area (Å²) in [6, 6.07) is 9.36. The fourth-order valence-corrected chi connectivity index (χ4v) is 3.28. The van der Waals surface area contributed by atoms with Crippen molar-refractivity contribution in [2.45, 2.75) is 12.8 Å². The highest BCUT2D eigenvalue weighted by Crippen LogP contribution is 2.10. The molecule has 1 heterocycles. The lowest BCUT2D eigenvalue weighted by atomic mass is 10.3. The van der Waals surface area contributed by atoms with Crippen LogP contribution in [0.15, 0.2) is 30.3 Å². The Labute approximate surface area is 131 Å². The van der Waals surface area contributed by atoms with Gasteiger partial charge in [0.1, 0.15) is 5.75 Å². The van der Waals surface area contributed by atoms with Crippen LogP contribution >= 0.6 is 0 Å². The molecule has 0 atom stereocenters. The molecule has 0 N–H and O–H groups in total. The Morgan fingerprint density at radius 1 is 1.14 bits per heavy atom. The van der Waals surface area contributed by atoms with Gasteiger partial charge in [-0.25, -0.2) is 12.7 Å². The van der Waals surface area contributed by atoms with Crippen molar-refractivity contribution in [1.82, 2.24) is 9.21 Å². The van der Waals surface area contributed by atoms with E-state index in [0.29, 0.717) is 45.6 Å². The van der Waals surface area contributed by atoms with Gasteiger partial charge in [0.15, 0.2) is 0 Å². The summed E-state index contributed by atoms with van der Waals surface area (Å²) in [6.45, 7) is 2.20. The highest BCUT2D eigenvalue weighted by molar-refractivity contribution is 7.88. The van der Waals surface area contributed by atoms with Crippen molar-refractivity contribution in [2.75, 3.05) is 39.0 Å². The van der Waals surface area contributed by atoms with E-state index in [-0.39, 0.29) is 5.91 Å². The number of carbonyl (C=O) groups is 1. The molecule has 1 amide bonds. The Balaban J connectivity index is 1.78. The molecular formula is C15H22N2O4S. The molecule has 0 saturated carbocycles. The SMILES string of the molecule is CS(=O)(=O)N1CCCN(C(=O)CCOc2ccccc2)CC1. The summed E-state index contributed by atoms with van der Waals surface area (Å²) < 4.78 is 30.0. The second kappa shape index (κ2) is 7.60. The van der Waals surface area contributed by atoms with Crippen LogP contribution in [0, 0.1) is 0 Å². The van der Waals surface area contributed by atoms with Crippen molar-refractivity contribution in [2.24, 2.45) is 0 Å². The number of hydrogen-bond acceptors (Lipinski definition) is 4. The van der Waals surface area contributed by atoms with Crippen molar-refractivity contribution in [3.05, 3.63) is 30.3 Å². The number of carbonyl (C=O) groups excluding carboxylic acids is 1. The van der Waals surface area contributed by atoms with Crippen LogP contribution in [0.2, 0.25) is 0 Å². The first kappa shape index (κ1) is 16.8. The molecule has 6 nitrogen and oxygen atoms in total. The predicted octanol–water partition coefficient (Wildman–Crippen LogP) is 0.949. The molecule has 0 bridgehead atoms. The molecule has 1 aromatic carbocycles. The van der Waals surface area contributed by atoms with Gasteiger partial charge in [-0.1, -0.05) is 18.2 Å². The minimum atomic E-state index is -3.18. The van der Waals surface area contributed by atoms with Crippen LogP contribution in [-0.4, -0.2) is 62.6 Å². The Hall–Kier alpha value is -1.60. The van der Waals surface area contributed by atoms with E-state index in [9.17, 15) is 13.2 Å². The number of ether oxygens (including phenoxy) is 1. The Morgan fingerprint density at radius 2 is 1.86 bits per heavy atom. The molecular weight excluding hydrogens is 304 g/mol. The zero-order chi connectivity index (χ0) is 16.0. The molecule has 122 valence electrons. The summed E-state index contributed by atoms with van der Waals surface area (Å²) >= 11 is 0. The number of para-hydroxylation sites is 1. The third-order valence-corrected chi connectivity index (χ3v) is 4.91. The summed E-state index contributed by atoms with van der Waals surface area (Å²) in [4.78, 5) is 13.9. The van der Waals surface area contributed by atoms with Gasteiger partial charge in [-0.2, -0.15) is 0 Å². The van der Waals surface area contributed by atoms with E-state index in [1.165, 1.54) is 10.6 Å². The zero-order valence-electron chi connectivity index (χ0n) is 12.8. The molecule has 7 heteroatoms. The molecule has 0 spiro atoms. The van der Waals surface area contributed by atoms with Gasteiger partial charge in [0.05, 0.1) is 19.3 Å². The van der Waals surface area contributed by atoms with E-state index < -0.39 is 10.0 Å². The molecule has 0 radical (unpaired) electrons. The van der Waals surface area contributed by atoms with E-state index in [0.717, 1.165) is 5.75 Å². The van der Waals surface area contributed by atoms with Crippen LogP contribution in [0.3, 0.4) is 0 Å². The summed E-state index contributed by atoms with van der Waals surface area (Å²) in [6.07, 6.45) is 2.17. The fourth-order valence-electron chi connectivity index (χ4n) is 2.41. The third-order valence-electron chi connectivity index (χ3n) is 3.60. The van der Waals surface area contributed by atoms with E-state index in [1.807, 2.05) is 30.3 Å². The highest BCUT2D eigenvalue weighted by atomic mass is 32.2. The van der Waals surface area contributed by atoms with Gasteiger partial charge >= 0.3 is 0 Å². The van der Waals surface area contributed by atoms with Gasteiger partial charge in [0.25, 0.3) is 0 Å². The number of nitrogens with zero attached hydrogens (tertiary/aromatic N) is 2. The van der Waals surface area contributed by atoms with Gasteiger partial charge < -0.3 is 9.64 Å². The number of benzene rings is 1. The van der Waals surface area contributed by atoms with Crippen LogP contribution in [0.4, 0.5) is 0 Å². The van der Waals surface area contributed by atoms with E-state index >= 15 is 0 Å². The summed E-state index contributed by atoms with van der Waals surface area (Å²) in [5.74, 6) is 0.751. The standard InChI is InChI=1S/C15H22N2O4S/c1-22(19,20)17-10-5-9-16(11-12-17)15(18)8-13-21-14-6-3-2-4-7-14/h2-4,6-7H,5,8-13H2,1H3. The largest absolute Gasteiger partial charge is 0.493 e. The summed E-state index contributed by atoms with van der Waals surface area (Å²) in [5, 5.41) is 0. The second-order valence-electron chi connectivity index (χ2n) is 5.31. The van der Waals surface area contributed by atoms with E-state index in [1.54, 1.807) is 4.90 Å². The summed E-state index contributed by atoms with van der Waals surface area (Å²) in [5.41, 5.74) is 0. The van der Waals surface area contributed by atoms with E-state index in [4.69, 9.17) is 4.74 Å². The first-order chi connectivity index (χ1) is 10.5. The van der Waals surface area contributed by atoms with Crippen LogP contribution in [-0.2, 0) is 14.8 Å². The van der Waals surface area contributed by atoms with Crippen molar-refractivity contribution in [3.63, 3.8) is 0 Å². The van der Waals surface area contributed by atoms with Crippen LogP contribution < -0.4 is 4.74 Å². The molecule has 0 aromatic heterocycles. The Bertz CT molecular complexity index is 589.